The molecule has 1 aromatic carbocycles. The van der Waals surface area contributed by atoms with Crippen molar-refractivity contribution >= 4 is 33.3 Å². The highest BCUT2D eigenvalue weighted by molar-refractivity contribution is 7.16. The Bertz CT molecular complexity index is 840. The molecule has 0 spiro atoms. The third-order valence-corrected chi connectivity index (χ3v) is 5.19. The number of aromatic nitrogens is 2. The second kappa shape index (κ2) is 6.57. The van der Waals surface area contributed by atoms with Gasteiger partial charge in [0, 0.05) is 30.9 Å². The van der Waals surface area contributed by atoms with Gasteiger partial charge in [0.05, 0.1) is 15.7 Å². The van der Waals surface area contributed by atoms with Crippen LogP contribution >= 0.6 is 11.3 Å². The molecule has 6 heteroatoms. The lowest BCUT2D eigenvalue weighted by Gasteiger charge is -2.33. The summed E-state index contributed by atoms with van der Waals surface area (Å²) in [5.74, 6) is 1.01. The van der Waals surface area contributed by atoms with Crippen molar-refractivity contribution < 1.29 is 4.79 Å². The first-order chi connectivity index (χ1) is 11.8. The number of nitrogens with one attached hydrogen (secondary N) is 1. The van der Waals surface area contributed by atoms with E-state index in [9.17, 15) is 4.79 Å². The van der Waals surface area contributed by atoms with Gasteiger partial charge in [0.2, 0.25) is 0 Å². The van der Waals surface area contributed by atoms with Gasteiger partial charge in [-0.25, -0.2) is 9.97 Å². The molecule has 1 saturated heterocycles. The van der Waals surface area contributed by atoms with Crippen molar-refractivity contribution in [2.24, 2.45) is 0 Å². The van der Waals surface area contributed by atoms with Crippen LogP contribution in [0.15, 0.2) is 48.1 Å². The van der Waals surface area contributed by atoms with Crippen LogP contribution in [0.5, 0.6) is 0 Å². The average Bonchev–Trinajstić information content (AvgIpc) is 3.11. The number of carbonyl (C=O) groups is 1. The van der Waals surface area contributed by atoms with Gasteiger partial charge >= 0.3 is 0 Å². The SMILES string of the molecule is O=C(NC1CCN(c2ccccn2)CC1)c1ccc2ncsc2c1. The standard InChI is InChI=1S/C18H18N4OS/c23-18(13-4-5-15-16(11-13)24-12-20-15)21-14-6-9-22(10-7-14)17-3-1-2-8-19-17/h1-5,8,11-12,14H,6-7,9-10H2,(H,21,23). The number of amides is 1. The van der Waals surface area contributed by atoms with E-state index in [1.807, 2.05) is 42.6 Å². The molecular weight excluding hydrogens is 320 g/mol. The molecule has 0 saturated carbocycles. The fraction of sp³-hybridized carbons (Fsp3) is 0.278. The van der Waals surface area contributed by atoms with Crippen LogP contribution in [0.2, 0.25) is 0 Å². The van der Waals surface area contributed by atoms with Crippen molar-refractivity contribution in [3.8, 4) is 0 Å². The number of pyridine rings is 1. The number of hydrogen-bond acceptors (Lipinski definition) is 5. The third-order valence-electron chi connectivity index (χ3n) is 4.40. The molecule has 3 aromatic rings. The van der Waals surface area contributed by atoms with E-state index in [1.165, 1.54) is 0 Å². The van der Waals surface area contributed by atoms with E-state index in [-0.39, 0.29) is 11.9 Å². The van der Waals surface area contributed by atoms with Crippen molar-refractivity contribution in [2.75, 3.05) is 18.0 Å². The molecule has 2 aromatic heterocycles. The molecule has 5 nitrogen and oxygen atoms in total. The van der Waals surface area contributed by atoms with Crippen molar-refractivity contribution in [3.05, 3.63) is 53.7 Å². The quantitative estimate of drug-likeness (QED) is 0.797. The normalized spacial score (nSPS) is 15.6. The topological polar surface area (TPSA) is 58.1 Å². The van der Waals surface area contributed by atoms with E-state index in [1.54, 1.807) is 16.8 Å². The maximum Gasteiger partial charge on any atom is 0.251 e. The molecule has 1 fully saturated rings. The summed E-state index contributed by atoms with van der Waals surface area (Å²) in [5.41, 5.74) is 3.46. The van der Waals surface area contributed by atoms with Gasteiger partial charge in [-0.15, -0.1) is 11.3 Å². The minimum absolute atomic E-state index is 0.00147. The Balaban J connectivity index is 1.37. The molecule has 24 heavy (non-hydrogen) atoms. The summed E-state index contributed by atoms with van der Waals surface area (Å²) < 4.78 is 1.05. The Morgan fingerprint density at radius 1 is 1.17 bits per heavy atom. The summed E-state index contributed by atoms with van der Waals surface area (Å²) in [7, 11) is 0. The number of benzene rings is 1. The highest BCUT2D eigenvalue weighted by atomic mass is 32.1. The summed E-state index contributed by atoms with van der Waals surface area (Å²) in [4.78, 5) is 23.4. The van der Waals surface area contributed by atoms with Crippen molar-refractivity contribution in [1.82, 2.24) is 15.3 Å². The van der Waals surface area contributed by atoms with Gasteiger partial charge in [-0.1, -0.05) is 6.07 Å². The van der Waals surface area contributed by atoms with Crippen LogP contribution in [0.1, 0.15) is 23.2 Å². The molecule has 0 unspecified atom stereocenters. The highest BCUT2D eigenvalue weighted by Crippen LogP contribution is 2.20. The van der Waals surface area contributed by atoms with Crippen molar-refractivity contribution in [3.63, 3.8) is 0 Å². The third kappa shape index (κ3) is 3.10. The highest BCUT2D eigenvalue weighted by Gasteiger charge is 2.22. The van der Waals surface area contributed by atoms with Crippen LogP contribution in [0.3, 0.4) is 0 Å². The van der Waals surface area contributed by atoms with E-state index in [0.29, 0.717) is 5.56 Å². The summed E-state index contributed by atoms with van der Waals surface area (Å²) in [6.45, 7) is 1.83. The van der Waals surface area contributed by atoms with Gasteiger partial charge in [0.15, 0.2) is 0 Å². The molecule has 1 aliphatic heterocycles. The summed E-state index contributed by atoms with van der Waals surface area (Å²) in [6, 6.07) is 11.9. The molecule has 0 aliphatic carbocycles. The zero-order valence-electron chi connectivity index (χ0n) is 13.2. The molecular formula is C18H18N4OS. The van der Waals surface area contributed by atoms with Crippen LogP contribution in [-0.4, -0.2) is 35.0 Å². The lowest BCUT2D eigenvalue weighted by Crippen LogP contribution is -2.44. The number of thiazole rings is 1. The number of piperidine rings is 1. The van der Waals surface area contributed by atoms with E-state index < -0.39 is 0 Å². The number of rotatable bonds is 3. The lowest BCUT2D eigenvalue weighted by atomic mass is 10.0. The monoisotopic (exact) mass is 338 g/mol. The van der Waals surface area contributed by atoms with E-state index in [2.05, 4.69) is 20.2 Å². The molecule has 1 amide bonds. The van der Waals surface area contributed by atoms with Crippen molar-refractivity contribution in [1.29, 1.82) is 0 Å². The first kappa shape index (κ1) is 15.1. The van der Waals surface area contributed by atoms with Crippen molar-refractivity contribution in [2.45, 2.75) is 18.9 Å². The molecule has 3 heterocycles. The number of nitrogens with zero attached hydrogens (tertiary/aromatic N) is 3. The molecule has 122 valence electrons. The molecule has 1 N–H and O–H groups in total. The van der Waals surface area contributed by atoms with Crippen LogP contribution < -0.4 is 10.2 Å². The molecule has 0 atom stereocenters. The van der Waals surface area contributed by atoms with Crippen LogP contribution in [0.25, 0.3) is 10.2 Å². The minimum atomic E-state index is 0.00147. The van der Waals surface area contributed by atoms with Gasteiger partial charge in [-0.3, -0.25) is 4.79 Å². The van der Waals surface area contributed by atoms with Gasteiger partial charge in [0.25, 0.3) is 5.91 Å². The average molecular weight is 338 g/mol. The second-order valence-corrected chi connectivity index (χ2v) is 6.84. The minimum Gasteiger partial charge on any atom is -0.356 e. The van der Waals surface area contributed by atoms with E-state index in [4.69, 9.17) is 0 Å². The van der Waals surface area contributed by atoms with E-state index >= 15 is 0 Å². The van der Waals surface area contributed by atoms with Crippen LogP contribution in [0.4, 0.5) is 5.82 Å². The van der Waals surface area contributed by atoms with E-state index in [0.717, 1.165) is 42.0 Å². The first-order valence-electron chi connectivity index (χ1n) is 8.10. The molecule has 0 radical (unpaired) electrons. The maximum atomic E-state index is 12.5. The number of fused-ring (bicyclic) bond motifs is 1. The summed E-state index contributed by atoms with van der Waals surface area (Å²) in [5, 5.41) is 3.16. The van der Waals surface area contributed by atoms with Gasteiger partial charge in [0.1, 0.15) is 5.82 Å². The number of anilines is 1. The fourth-order valence-electron chi connectivity index (χ4n) is 3.06. The van der Waals surface area contributed by atoms with Gasteiger partial charge in [-0.05, 0) is 43.2 Å². The van der Waals surface area contributed by atoms with Crippen LogP contribution in [-0.2, 0) is 0 Å². The summed E-state index contributed by atoms with van der Waals surface area (Å²) in [6.07, 6.45) is 3.69. The Kier molecular flexibility index (Phi) is 4.13. The maximum absolute atomic E-state index is 12.5. The predicted molar refractivity (Wildman–Crippen MR) is 96.6 cm³/mol. The Hall–Kier alpha value is -2.47. The predicted octanol–water partition coefficient (Wildman–Crippen LogP) is 3.09. The molecule has 1 aliphatic rings. The number of hydrogen-bond donors (Lipinski definition) is 1. The van der Waals surface area contributed by atoms with Gasteiger partial charge in [-0.2, -0.15) is 0 Å². The fourth-order valence-corrected chi connectivity index (χ4v) is 3.78. The Labute approximate surface area is 144 Å². The Morgan fingerprint density at radius 3 is 2.83 bits per heavy atom. The first-order valence-corrected chi connectivity index (χ1v) is 8.98. The molecule has 4 rings (SSSR count). The van der Waals surface area contributed by atoms with Gasteiger partial charge < -0.3 is 10.2 Å². The zero-order chi connectivity index (χ0) is 16.4. The molecule has 0 bridgehead atoms. The van der Waals surface area contributed by atoms with Crippen LogP contribution in [0, 0.1) is 0 Å². The zero-order valence-corrected chi connectivity index (χ0v) is 14.0. The largest absolute Gasteiger partial charge is 0.356 e. The second-order valence-electron chi connectivity index (χ2n) is 5.96. The Morgan fingerprint density at radius 2 is 2.04 bits per heavy atom. The summed E-state index contributed by atoms with van der Waals surface area (Å²) >= 11 is 1.56. The smallest absolute Gasteiger partial charge is 0.251 e. The number of carbonyl (C=O) groups excluding carboxylic acids is 1. The lowest BCUT2D eigenvalue weighted by molar-refractivity contribution is 0.0931.